The Kier molecular flexibility index (Phi) is 2.44. The minimum Gasteiger partial charge on any atom is -0.294 e. The van der Waals surface area contributed by atoms with E-state index in [4.69, 9.17) is 0 Å². The maximum atomic E-state index is 13.9. The summed E-state index contributed by atoms with van der Waals surface area (Å²) in [5, 5.41) is 2.64. The number of ketones is 1. The van der Waals surface area contributed by atoms with Crippen LogP contribution in [-0.2, 0) is 4.79 Å². The molecule has 0 amide bonds. The molecular formula is C13H8FNOS. The van der Waals surface area contributed by atoms with Gasteiger partial charge in [-0.2, -0.15) is 0 Å². The second kappa shape index (κ2) is 3.96. The summed E-state index contributed by atoms with van der Waals surface area (Å²) in [7, 11) is 0. The van der Waals surface area contributed by atoms with Gasteiger partial charge in [0.25, 0.3) is 0 Å². The molecule has 1 aromatic rings. The number of halogens is 1. The van der Waals surface area contributed by atoms with Gasteiger partial charge in [0.2, 0.25) is 0 Å². The Balaban J connectivity index is 2.52. The maximum absolute atomic E-state index is 13.9. The summed E-state index contributed by atoms with van der Waals surface area (Å²) in [6.45, 7) is 0. The fraction of sp³-hybridized carbons (Fsp3) is 0.0769. The highest BCUT2D eigenvalue weighted by molar-refractivity contribution is 8.00. The smallest absolute Gasteiger partial charge is 0.168 e. The second-order valence-corrected chi connectivity index (χ2v) is 4.44. The van der Waals surface area contributed by atoms with E-state index >= 15 is 0 Å². The summed E-state index contributed by atoms with van der Waals surface area (Å²) >= 11 is 1.23. The molecular weight excluding hydrogens is 237 g/mol. The number of rotatable bonds is 0. The summed E-state index contributed by atoms with van der Waals surface area (Å²) in [6, 6.07) is 4.69. The zero-order chi connectivity index (χ0) is 11.8. The highest BCUT2D eigenvalue weighted by Gasteiger charge is 2.20. The normalized spacial score (nSPS) is 17.8. The molecule has 0 saturated carbocycles. The maximum Gasteiger partial charge on any atom is 0.168 e. The molecule has 1 heterocycles. The van der Waals surface area contributed by atoms with Crippen molar-refractivity contribution in [3.63, 3.8) is 0 Å². The fourth-order valence-corrected chi connectivity index (χ4v) is 2.63. The van der Waals surface area contributed by atoms with Crippen molar-refractivity contribution in [1.29, 1.82) is 0 Å². The molecule has 1 aliphatic heterocycles. The molecule has 17 heavy (non-hydrogen) atoms. The number of allylic oxidation sites excluding steroid dienone is 3. The third-order valence-electron chi connectivity index (χ3n) is 2.74. The Morgan fingerprint density at radius 3 is 3.12 bits per heavy atom. The molecule has 4 heteroatoms. The summed E-state index contributed by atoms with van der Waals surface area (Å²) in [5.41, 5.74) is 1.20. The summed E-state index contributed by atoms with van der Waals surface area (Å²) in [5.74, 6) is -0.443. The molecule has 2 aliphatic rings. The van der Waals surface area contributed by atoms with E-state index in [0.717, 1.165) is 5.57 Å². The second-order valence-electron chi connectivity index (χ2n) is 3.81. The topological polar surface area (TPSA) is 29.4 Å². The van der Waals surface area contributed by atoms with E-state index in [0.29, 0.717) is 22.6 Å². The lowest BCUT2D eigenvalue weighted by atomic mass is 9.93. The number of hydrogen-bond donors (Lipinski definition) is 0. The van der Waals surface area contributed by atoms with Crippen molar-refractivity contribution in [2.24, 2.45) is 4.40 Å². The van der Waals surface area contributed by atoms with Gasteiger partial charge in [-0.1, -0.05) is 18.2 Å². The molecule has 0 N–H and O–H groups in total. The van der Waals surface area contributed by atoms with E-state index < -0.39 is 5.82 Å². The average Bonchev–Trinajstić information content (AvgIpc) is 2.50. The number of carbonyl (C=O) groups is 1. The monoisotopic (exact) mass is 245 g/mol. The number of hydrogen-bond acceptors (Lipinski definition) is 3. The predicted octanol–water partition coefficient (Wildman–Crippen LogP) is 1.67. The molecule has 0 radical (unpaired) electrons. The van der Waals surface area contributed by atoms with Crippen molar-refractivity contribution in [2.75, 3.05) is 0 Å². The van der Waals surface area contributed by atoms with Crippen molar-refractivity contribution in [1.82, 2.24) is 0 Å². The van der Waals surface area contributed by atoms with Crippen molar-refractivity contribution < 1.29 is 9.18 Å². The van der Waals surface area contributed by atoms with Crippen LogP contribution in [0.1, 0.15) is 6.42 Å². The van der Waals surface area contributed by atoms with Crippen LogP contribution in [0.15, 0.2) is 45.7 Å². The molecule has 0 unspecified atom stereocenters. The Bertz CT molecular complexity index is 688. The van der Waals surface area contributed by atoms with Gasteiger partial charge in [-0.3, -0.25) is 4.79 Å². The van der Waals surface area contributed by atoms with Crippen LogP contribution >= 0.6 is 11.9 Å². The quantitative estimate of drug-likeness (QED) is 0.651. The molecule has 0 spiro atoms. The molecule has 84 valence electrons. The van der Waals surface area contributed by atoms with Crippen molar-refractivity contribution in [2.45, 2.75) is 6.42 Å². The first-order valence-electron chi connectivity index (χ1n) is 5.20. The van der Waals surface area contributed by atoms with Gasteiger partial charge in [0.05, 0.1) is 5.36 Å². The van der Waals surface area contributed by atoms with E-state index in [9.17, 15) is 9.18 Å². The van der Waals surface area contributed by atoms with Gasteiger partial charge in [0, 0.05) is 34.6 Å². The molecule has 3 rings (SSSR count). The average molecular weight is 245 g/mol. The lowest BCUT2D eigenvalue weighted by Gasteiger charge is -2.10. The minimum absolute atomic E-state index is 0.0530. The van der Waals surface area contributed by atoms with Crippen LogP contribution in [0.4, 0.5) is 4.39 Å². The number of nitrogens with zero attached hydrogens (tertiary/aromatic N) is 1. The molecule has 1 aliphatic carbocycles. The standard InChI is InChI=1S/C13H8FNOS/c14-9-4-2-5-10-13(9)12-8(7-17-15-10)3-1-6-11(12)16/h1-5,7H,6H2. The third kappa shape index (κ3) is 1.65. The number of benzene rings is 1. The number of fused-ring (bicyclic) bond motifs is 2. The van der Waals surface area contributed by atoms with Crippen molar-refractivity contribution in [3.8, 4) is 0 Å². The Hall–Kier alpha value is -1.68. The van der Waals surface area contributed by atoms with Crippen molar-refractivity contribution in [3.05, 3.63) is 57.7 Å². The fourth-order valence-electron chi connectivity index (χ4n) is 2.00. The first-order valence-corrected chi connectivity index (χ1v) is 6.04. The van der Waals surface area contributed by atoms with Gasteiger partial charge in [0.1, 0.15) is 5.82 Å². The van der Waals surface area contributed by atoms with Crippen LogP contribution in [0, 0.1) is 5.82 Å². The van der Waals surface area contributed by atoms with Gasteiger partial charge in [0.15, 0.2) is 5.78 Å². The van der Waals surface area contributed by atoms with Crippen LogP contribution in [0.25, 0.3) is 5.57 Å². The molecule has 2 nitrogen and oxygen atoms in total. The SMILES string of the molecule is O=C1CC=CC2=CSN=c3cccc(F)c3=C12. The van der Waals surface area contributed by atoms with Crippen LogP contribution in [0.3, 0.4) is 0 Å². The van der Waals surface area contributed by atoms with Gasteiger partial charge in [-0.25, -0.2) is 8.79 Å². The van der Waals surface area contributed by atoms with Crippen LogP contribution in [-0.4, -0.2) is 5.78 Å². The van der Waals surface area contributed by atoms with E-state index in [1.54, 1.807) is 23.6 Å². The van der Waals surface area contributed by atoms with Gasteiger partial charge in [-0.15, -0.1) is 0 Å². The Morgan fingerprint density at radius 1 is 1.35 bits per heavy atom. The van der Waals surface area contributed by atoms with Crippen LogP contribution in [0.5, 0.6) is 0 Å². The van der Waals surface area contributed by atoms with Crippen LogP contribution in [0.2, 0.25) is 0 Å². The van der Waals surface area contributed by atoms with Gasteiger partial charge in [-0.05, 0) is 17.7 Å². The molecule has 0 fully saturated rings. The molecule has 1 aromatic carbocycles. The number of carbonyl (C=O) groups excluding carboxylic acids is 1. The van der Waals surface area contributed by atoms with Gasteiger partial charge >= 0.3 is 0 Å². The molecule has 0 saturated heterocycles. The lowest BCUT2D eigenvalue weighted by molar-refractivity contribution is -0.113. The lowest BCUT2D eigenvalue weighted by Crippen LogP contribution is -2.33. The first-order chi connectivity index (χ1) is 8.27. The van der Waals surface area contributed by atoms with Crippen LogP contribution < -0.4 is 10.6 Å². The Labute approximate surface area is 101 Å². The molecule has 0 aromatic heterocycles. The summed E-state index contributed by atoms with van der Waals surface area (Å²) < 4.78 is 18.1. The predicted molar refractivity (Wildman–Crippen MR) is 65.0 cm³/mol. The summed E-state index contributed by atoms with van der Waals surface area (Å²) in [6.07, 6.45) is 3.97. The minimum atomic E-state index is -0.390. The van der Waals surface area contributed by atoms with E-state index in [1.165, 1.54) is 18.0 Å². The number of Topliss-reactive ketones (excluding diaryl/α,β-unsaturated/α-hetero) is 1. The highest BCUT2D eigenvalue weighted by atomic mass is 32.2. The molecule has 0 atom stereocenters. The van der Waals surface area contributed by atoms with E-state index in [2.05, 4.69) is 4.40 Å². The van der Waals surface area contributed by atoms with Gasteiger partial charge < -0.3 is 0 Å². The highest BCUT2D eigenvalue weighted by Crippen LogP contribution is 2.24. The van der Waals surface area contributed by atoms with E-state index in [-0.39, 0.29) is 5.78 Å². The largest absolute Gasteiger partial charge is 0.294 e. The third-order valence-corrected chi connectivity index (χ3v) is 3.40. The summed E-state index contributed by atoms with van der Waals surface area (Å²) in [4.78, 5) is 11.9. The van der Waals surface area contributed by atoms with E-state index in [1.807, 2.05) is 6.08 Å². The first kappa shape index (κ1) is 10.5. The zero-order valence-electron chi connectivity index (χ0n) is 8.81. The zero-order valence-corrected chi connectivity index (χ0v) is 9.63. The molecule has 0 bridgehead atoms. The van der Waals surface area contributed by atoms with Crippen molar-refractivity contribution >= 4 is 23.3 Å². The Morgan fingerprint density at radius 2 is 2.24 bits per heavy atom.